The minimum Gasteiger partial charge on any atom is -0.481 e. The van der Waals surface area contributed by atoms with Crippen molar-refractivity contribution in [2.75, 3.05) is 13.3 Å². The van der Waals surface area contributed by atoms with Gasteiger partial charge in [-0.25, -0.2) is 9.18 Å². The van der Waals surface area contributed by atoms with E-state index in [1.807, 2.05) is 6.92 Å². The number of nitrogens with one attached hydrogen (secondary N) is 1. The second-order valence-corrected chi connectivity index (χ2v) is 2.73. The van der Waals surface area contributed by atoms with Gasteiger partial charge in [-0.05, 0) is 6.42 Å². The van der Waals surface area contributed by atoms with Crippen LogP contribution in [0.5, 0.6) is 0 Å². The molecule has 0 radical (unpaired) electrons. The van der Waals surface area contributed by atoms with Gasteiger partial charge in [0.1, 0.15) is 6.67 Å². The maximum absolute atomic E-state index is 12.2. The number of rotatable bonds is 6. The molecule has 14 heavy (non-hydrogen) atoms. The summed E-state index contributed by atoms with van der Waals surface area (Å²) in [6.07, 6.45) is -0.569. The van der Waals surface area contributed by atoms with E-state index in [1.165, 1.54) is 0 Å². The van der Waals surface area contributed by atoms with Crippen molar-refractivity contribution in [2.45, 2.75) is 25.8 Å². The van der Waals surface area contributed by atoms with Crippen molar-refractivity contribution < 1.29 is 23.8 Å². The van der Waals surface area contributed by atoms with Gasteiger partial charge in [0.2, 0.25) is 0 Å². The van der Waals surface area contributed by atoms with Crippen molar-refractivity contribution in [3.05, 3.63) is 0 Å². The Morgan fingerprint density at radius 3 is 2.64 bits per heavy atom. The summed E-state index contributed by atoms with van der Waals surface area (Å²) < 4.78 is 16.8. The zero-order chi connectivity index (χ0) is 11.0. The monoisotopic (exact) mass is 207 g/mol. The normalized spacial score (nSPS) is 11.9. The first-order chi connectivity index (χ1) is 6.60. The van der Waals surface area contributed by atoms with E-state index in [9.17, 15) is 14.0 Å². The van der Waals surface area contributed by atoms with Crippen molar-refractivity contribution in [2.24, 2.45) is 0 Å². The molecule has 0 aliphatic carbocycles. The molecular weight excluding hydrogens is 193 g/mol. The Morgan fingerprint density at radius 1 is 1.57 bits per heavy atom. The summed E-state index contributed by atoms with van der Waals surface area (Å²) in [5.74, 6) is -1.16. The second kappa shape index (κ2) is 7.11. The molecule has 0 heterocycles. The largest absolute Gasteiger partial charge is 0.481 e. The van der Waals surface area contributed by atoms with E-state index >= 15 is 0 Å². The molecule has 0 rings (SSSR count). The number of alkyl halides is 1. The lowest BCUT2D eigenvalue weighted by molar-refractivity contribution is -0.137. The Labute approximate surface area is 81.2 Å². The minimum absolute atomic E-state index is 0.234. The van der Waals surface area contributed by atoms with Gasteiger partial charge >= 0.3 is 12.1 Å². The fraction of sp³-hybridized carbons (Fsp3) is 0.750. The summed E-state index contributed by atoms with van der Waals surface area (Å²) in [5, 5.41) is 10.5. The highest BCUT2D eigenvalue weighted by Crippen LogP contribution is 1.94. The SMILES string of the molecule is CCCOC(=O)NC(CF)CC(=O)O. The zero-order valence-electron chi connectivity index (χ0n) is 7.96. The molecular formula is C8H14FNO4. The number of hydrogen-bond acceptors (Lipinski definition) is 3. The van der Waals surface area contributed by atoms with Crippen LogP contribution in [0.25, 0.3) is 0 Å². The molecule has 6 heteroatoms. The van der Waals surface area contributed by atoms with Crippen LogP contribution in [0.2, 0.25) is 0 Å². The second-order valence-electron chi connectivity index (χ2n) is 2.73. The molecule has 82 valence electrons. The molecule has 0 aliphatic heterocycles. The molecule has 0 aromatic carbocycles. The minimum atomic E-state index is -1.16. The highest BCUT2D eigenvalue weighted by atomic mass is 19.1. The van der Waals surface area contributed by atoms with Crippen molar-refractivity contribution >= 4 is 12.1 Å². The molecule has 0 aromatic heterocycles. The molecule has 0 fully saturated rings. The van der Waals surface area contributed by atoms with E-state index in [0.29, 0.717) is 6.42 Å². The van der Waals surface area contributed by atoms with Gasteiger partial charge in [-0.15, -0.1) is 0 Å². The van der Waals surface area contributed by atoms with Crippen molar-refractivity contribution in [3.8, 4) is 0 Å². The van der Waals surface area contributed by atoms with Gasteiger partial charge in [0, 0.05) is 0 Å². The van der Waals surface area contributed by atoms with E-state index in [2.05, 4.69) is 10.1 Å². The molecule has 2 N–H and O–H groups in total. The van der Waals surface area contributed by atoms with Crippen molar-refractivity contribution in [1.82, 2.24) is 5.32 Å². The lowest BCUT2D eigenvalue weighted by Crippen LogP contribution is -2.38. The number of alkyl carbamates (subject to hydrolysis) is 1. The molecule has 0 spiro atoms. The predicted molar refractivity (Wildman–Crippen MR) is 46.8 cm³/mol. The summed E-state index contributed by atoms with van der Waals surface area (Å²) in [7, 11) is 0. The topological polar surface area (TPSA) is 75.6 Å². The third-order valence-corrected chi connectivity index (χ3v) is 1.37. The Kier molecular flexibility index (Phi) is 6.43. The van der Waals surface area contributed by atoms with Crippen LogP contribution in [-0.2, 0) is 9.53 Å². The zero-order valence-corrected chi connectivity index (χ0v) is 7.96. The van der Waals surface area contributed by atoms with E-state index in [-0.39, 0.29) is 6.61 Å². The number of amides is 1. The van der Waals surface area contributed by atoms with Crippen molar-refractivity contribution in [3.63, 3.8) is 0 Å². The van der Waals surface area contributed by atoms with E-state index < -0.39 is 31.2 Å². The van der Waals surface area contributed by atoms with E-state index in [4.69, 9.17) is 5.11 Å². The lowest BCUT2D eigenvalue weighted by Gasteiger charge is -2.12. The summed E-state index contributed by atoms with van der Waals surface area (Å²) in [6.45, 7) is 1.13. The number of ether oxygens (including phenoxy) is 1. The fourth-order valence-electron chi connectivity index (χ4n) is 0.758. The van der Waals surface area contributed by atoms with Gasteiger partial charge in [0.15, 0.2) is 0 Å². The van der Waals surface area contributed by atoms with Crippen molar-refractivity contribution in [1.29, 1.82) is 0 Å². The molecule has 0 saturated carbocycles. The molecule has 1 amide bonds. The maximum Gasteiger partial charge on any atom is 0.407 e. The van der Waals surface area contributed by atoms with Gasteiger partial charge in [-0.3, -0.25) is 4.79 Å². The van der Waals surface area contributed by atoms with Crippen LogP contribution in [-0.4, -0.2) is 36.5 Å². The number of hydrogen-bond donors (Lipinski definition) is 2. The Morgan fingerprint density at radius 2 is 2.21 bits per heavy atom. The highest BCUT2D eigenvalue weighted by molar-refractivity contribution is 5.71. The van der Waals surface area contributed by atoms with Crippen LogP contribution in [0.4, 0.5) is 9.18 Å². The number of carboxylic acid groups (broad SMARTS) is 1. The van der Waals surface area contributed by atoms with Crippen LogP contribution in [0.3, 0.4) is 0 Å². The van der Waals surface area contributed by atoms with Gasteiger partial charge in [0.25, 0.3) is 0 Å². The van der Waals surface area contributed by atoms with Crippen LogP contribution in [0.15, 0.2) is 0 Å². The van der Waals surface area contributed by atoms with Crippen LogP contribution >= 0.6 is 0 Å². The summed E-state index contributed by atoms with van der Waals surface area (Å²) in [4.78, 5) is 21.1. The summed E-state index contributed by atoms with van der Waals surface area (Å²) in [6, 6.07) is -1.02. The maximum atomic E-state index is 12.2. The number of carbonyl (C=O) groups excluding carboxylic acids is 1. The number of carboxylic acids is 1. The lowest BCUT2D eigenvalue weighted by atomic mass is 10.2. The first kappa shape index (κ1) is 12.7. The Bertz CT molecular complexity index is 198. The molecule has 1 atom stereocenters. The summed E-state index contributed by atoms with van der Waals surface area (Å²) >= 11 is 0. The number of aliphatic carboxylic acids is 1. The van der Waals surface area contributed by atoms with E-state index in [1.54, 1.807) is 0 Å². The van der Waals surface area contributed by atoms with Gasteiger partial charge < -0.3 is 15.2 Å². The van der Waals surface area contributed by atoms with Gasteiger partial charge in [-0.2, -0.15) is 0 Å². The number of carbonyl (C=O) groups is 2. The molecule has 0 bridgehead atoms. The van der Waals surface area contributed by atoms with Crippen LogP contribution in [0.1, 0.15) is 19.8 Å². The molecule has 0 aromatic rings. The van der Waals surface area contributed by atoms with E-state index in [0.717, 1.165) is 0 Å². The molecule has 0 aliphatic rings. The number of halogens is 1. The Hall–Kier alpha value is -1.33. The van der Waals surface area contributed by atoms with Gasteiger partial charge in [-0.1, -0.05) is 6.92 Å². The third-order valence-electron chi connectivity index (χ3n) is 1.37. The Balaban J connectivity index is 3.80. The van der Waals surface area contributed by atoms with Crippen LogP contribution < -0.4 is 5.32 Å². The molecule has 0 saturated heterocycles. The van der Waals surface area contributed by atoms with Crippen LogP contribution in [0, 0.1) is 0 Å². The average Bonchev–Trinajstić information content (AvgIpc) is 2.12. The smallest absolute Gasteiger partial charge is 0.407 e. The molecule has 1 unspecified atom stereocenters. The standard InChI is InChI=1S/C8H14FNO4/c1-2-3-14-8(13)10-6(5-9)4-7(11)12/h6H,2-5H2,1H3,(H,10,13)(H,11,12). The first-order valence-corrected chi connectivity index (χ1v) is 4.31. The average molecular weight is 207 g/mol. The quantitative estimate of drug-likeness (QED) is 0.679. The first-order valence-electron chi connectivity index (χ1n) is 4.31. The predicted octanol–water partition coefficient (Wildman–Crippen LogP) is 0.935. The summed E-state index contributed by atoms with van der Waals surface area (Å²) in [5.41, 5.74) is 0. The van der Waals surface area contributed by atoms with Gasteiger partial charge in [0.05, 0.1) is 19.1 Å². The highest BCUT2D eigenvalue weighted by Gasteiger charge is 2.15. The third kappa shape index (κ3) is 6.22. The fourth-order valence-corrected chi connectivity index (χ4v) is 0.758. The molecule has 5 nitrogen and oxygen atoms in total.